The Morgan fingerprint density at radius 2 is 2.25 bits per heavy atom. The van der Waals surface area contributed by atoms with Gasteiger partial charge in [0.1, 0.15) is 0 Å². The average Bonchev–Trinajstić information content (AvgIpc) is 1.66. The second-order valence-electron chi connectivity index (χ2n) is 2.13. The standard InChI is InChI=1S/C5H13NO2/c1-5(2)3-4-8-6-7/h5-7H,3-4H2,1-2H3/p+1. The summed E-state index contributed by atoms with van der Waals surface area (Å²) in [5.41, 5.74) is 1.87. The highest BCUT2D eigenvalue weighted by atomic mass is 16.8. The smallest absolute Gasteiger partial charge is 0.0756 e. The van der Waals surface area contributed by atoms with Gasteiger partial charge in [0.2, 0.25) is 0 Å². The lowest BCUT2D eigenvalue weighted by Gasteiger charge is -2.00. The zero-order valence-electron chi connectivity index (χ0n) is 5.40. The maximum atomic E-state index is 6.37. The molecule has 0 bridgehead atoms. The molecule has 0 atom stereocenters. The van der Waals surface area contributed by atoms with E-state index in [-0.39, 0.29) is 0 Å². The molecule has 0 aromatic heterocycles. The van der Waals surface area contributed by atoms with Crippen LogP contribution in [0.1, 0.15) is 20.3 Å². The van der Waals surface area contributed by atoms with Gasteiger partial charge in [0, 0.05) is 5.64 Å². The van der Waals surface area contributed by atoms with Gasteiger partial charge < -0.3 is 5.21 Å². The van der Waals surface area contributed by atoms with Crippen LogP contribution in [0.3, 0.4) is 0 Å². The third-order valence-corrected chi connectivity index (χ3v) is 0.869. The molecule has 0 spiro atoms. The van der Waals surface area contributed by atoms with Crippen molar-refractivity contribution in [2.75, 3.05) is 6.61 Å². The molecule has 3 heteroatoms. The van der Waals surface area contributed by atoms with Gasteiger partial charge in [-0.3, -0.25) is 0 Å². The van der Waals surface area contributed by atoms with Crippen molar-refractivity contribution in [3.63, 3.8) is 0 Å². The van der Waals surface area contributed by atoms with E-state index >= 15 is 0 Å². The lowest BCUT2D eigenvalue weighted by molar-refractivity contribution is -0.129. The van der Waals surface area contributed by atoms with E-state index in [4.69, 9.17) is 5.21 Å². The van der Waals surface area contributed by atoms with Crippen LogP contribution >= 0.6 is 0 Å². The molecule has 0 aromatic rings. The Kier molecular flexibility index (Phi) is 4.95. The summed E-state index contributed by atoms with van der Waals surface area (Å²) in [6.07, 6.45) is 1.01. The molecule has 0 amide bonds. The van der Waals surface area contributed by atoms with Crippen LogP contribution in [0.25, 0.3) is 0 Å². The molecule has 0 fully saturated rings. The van der Waals surface area contributed by atoms with Crippen molar-refractivity contribution >= 4 is 0 Å². The Hall–Kier alpha value is -0.120. The minimum absolute atomic E-state index is 0.626. The molecule has 0 saturated heterocycles. The number of hydrogen-bond acceptors (Lipinski definition) is 2. The highest BCUT2D eigenvalue weighted by molar-refractivity contribution is 4.40. The molecule has 0 aliphatic carbocycles. The predicted molar refractivity (Wildman–Crippen MR) is 32.2 cm³/mol. The van der Waals surface area contributed by atoms with Crippen LogP contribution in [0.4, 0.5) is 0 Å². The van der Waals surface area contributed by atoms with E-state index in [1.54, 1.807) is 0 Å². The molecular weight excluding hydrogens is 106 g/mol. The molecule has 3 nitrogen and oxygen atoms in total. The molecular formula is C5H14NO2+. The fourth-order valence-electron chi connectivity index (χ4n) is 0.346. The van der Waals surface area contributed by atoms with Gasteiger partial charge in [-0.2, -0.15) is 0 Å². The average molecular weight is 120 g/mol. The van der Waals surface area contributed by atoms with E-state index < -0.39 is 0 Å². The molecule has 0 radical (unpaired) electrons. The number of rotatable bonds is 4. The van der Waals surface area contributed by atoms with E-state index in [1.165, 1.54) is 0 Å². The van der Waals surface area contributed by atoms with Crippen LogP contribution < -0.4 is 5.64 Å². The summed E-state index contributed by atoms with van der Waals surface area (Å²) in [7, 11) is 0. The van der Waals surface area contributed by atoms with E-state index in [9.17, 15) is 0 Å². The van der Waals surface area contributed by atoms with E-state index in [1.807, 2.05) is 5.64 Å². The maximum Gasteiger partial charge on any atom is 0.0756 e. The van der Waals surface area contributed by atoms with Crippen molar-refractivity contribution in [2.24, 2.45) is 5.92 Å². The molecule has 0 unspecified atom stereocenters. The molecule has 3 N–H and O–H groups in total. The molecule has 0 saturated carbocycles. The Morgan fingerprint density at radius 1 is 1.62 bits per heavy atom. The van der Waals surface area contributed by atoms with E-state index in [0.717, 1.165) is 6.42 Å². The Labute approximate surface area is 49.6 Å². The second kappa shape index (κ2) is 5.03. The lowest BCUT2D eigenvalue weighted by atomic mass is 10.1. The van der Waals surface area contributed by atoms with Crippen LogP contribution in [0.2, 0.25) is 0 Å². The fraction of sp³-hybridized carbons (Fsp3) is 1.00. The third-order valence-electron chi connectivity index (χ3n) is 0.869. The van der Waals surface area contributed by atoms with Crippen LogP contribution in [-0.2, 0) is 4.84 Å². The van der Waals surface area contributed by atoms with Gasteiger partial charge in [-0.15, -0.1) is 0 Å². The van der Waals surface area contributed by atoms with Gasteiger partial charge in [-0.05, 0) is 12.3 Å². The van der Waals surface area contributed by atoms with Crippen LogP contribution in [0.15, 0.2) is 0 Å². The zero-order chi connectivity index (χ0) is 6.41. The molecule has 0 aliphatic rings. The van der Waals surface area contributed by atoms with Crippen molar-refractivity contribution in [2.45, 2.75) is 20.3 Å². The summed E-state index contributed by atoms with van der Waals surface area (Å²) in [6, 6.07) is 0. The highest BCUT2D eigenvalue weighted by Crippen LogP contribution is 1.96. The number of nitrogens with one attached hydrogen (secondary N) is 1. The highest BCUT2D eigenvalue weighted by Gasteiger charge is 1.91. The molecule has 0 rings (SSSR count). The molecule has 0 aromatic carbocycles. The van der Waals surface area contributed by atoms with E-state index in [2.05, 4.69) is 18.7 Å². The maximum absolute atomic E-state index is 6.37. The zero-order valence-corrected chi connectivity index (χ0v) is 5.40. The first kappa shape index (κ1) is 7.88. The van der Waals surface area contributed by atoms with Gasteiger partial charge in [-0.1, -0.05) is 13.8 Å². The molecule has 0 heterocycles. The minimum Gasteiger partial charge on any atom is -0.318 e. The topological polar surface area (TPSA) is 44.2 Å². The summed E-state index contributed by atoms with van der Waals surface area (Å²) in [5.74, 6) is 0.656. The van der Waals surface area contributed by atoms with E-state index in [0.29, 0.717) is 12.5 Å². The van der Waals surface area contributed by atoms with Gasteiger partial charge in [0.05, 0.1) is 6.61 Å². The first-order chi connectivity index (χ1) is 3.77. The summed E-state index contributed by atoms with van der Waals surface area (Å²) in [4.78, 5) is 4.56. The van der Waals surface area contributed by atoms with Gasteiger partial charge in [-0.25, -0.2) is 4.84 Å². The van der Waals surface area contributed by atoms with Gasteiger partial charge in [0.25, 0.3) is 0 Å². The second-order valence-corrected chi connectivity index (χ2v) is 2.13. The first-order valence-electron chi connectivity index (χ1n) is 2.81. The largest absolute Gasteiger partial charge is 0.318 e. The summed E-state index contributed by atoms with van der Waals surface area (Å²) in [6.45, 7) is 4.86. The van der Waals surface area contributed by atoms with Crippen molar-refractivity contribution in [1.29, 1.82) is 0 Å². The molecule has 8 heavy (non-hydrogen) atoms. The lowest BCUT2D eigenvalue weighted by Crippen LogP contribution is -2.10. The molecule has 50 valence electrons. The van der Waals surface area contributed by atoms with Crippen LogP contribution in [0.5, 0.6) is 0 Å². The van der Waals surface area contributed by atoms with Gasteiger partial charge >= 0.3 is 0 Å². The monoisotopic (exact) mass is 120 g/mol. The minimum atomic E-state index is 0.626. The van der Waals surface area contributed by atoms with Crippen LogP contribution in [0, 0.1) is 5.92 Å². The van der Waals surface area contributed by atoms with Crippen molar-refractivity contribution in [3.05, 3.63) is 0 Å². The fourth-order valence-corrected chi connectivity index (χ4v) is 0.346. The molecule has 0 aliphatic heterocycles. The normalized spacial score (nSPS) is 10.5. The van der Waals surface area contributed by atoms with Gasteiger partial charge in [0.15, 0.2) is 0 Å². The predicted octanol–water partition coefficient (Wildman–Crippen LogP) is 0.193. The Morgan fingerprint density at radius 3 is 2.62 bits per heavy atom. The van der Waals surface area contributed by atoms with Crippen LogP contribution in [-0.4, -0.2) is 11.8 Å². The Balaban J connectivity index is 2.72. The summed E-state index contributed by atoms with van der Waals surface area (Å²) >= 11 is 0. The Bertz CT molecular complexity index is 47.7. The SMILES string of the molecule is CC(C)CCON[OH2+]. The summed E-state index contributed by atoms with van der Waals surface area (Å²) < 4.78 is 0. The van der Waals surface area contributed by atoms with Crippen molar-refractivity contribution < 1.29 is 10.0 Å². The number of hydrogen-bond donors (Lipinski definition) is 1. The summed E-state index contributed by atoms with van der Waals surface area (Å²) in [5, 5.41) is 6.37. The quantitative estimate of drug-likeness (QED) is 0.327. The van der Waals surface area contributed by atoms with Crippen molar-refractivity contribution in [3.8, 4) is 0 Å². The third kappa shape index (κ3) is 5.88. The first-order valence-corrected chi connectivity index (χ1v) is 2.81. The van der Waals surface area contributed by atoms with Crippen molar-refractivity contribution in [1.82, 2.24) is 5.64 Å².